The van der Waals surface area contributed by atoms with Gasteiger partial charge in [-0.1, -0.05) is 0 Å². The topological polar surface area (TPSA) is 69.6 Å². The van der Waals surface area contributed by atoms with Gasteiger partial charge in [0.05, 0.1) is 17.7 Å². The van der Waals surface area contributed by atoms with Crippen LogP contribution in [0.5, 0.6) is 0 Å². The third-order valence-corrected chi connectivity index (χ3v) is 4.28. The number of aryl methyl sites for hydroxylation is 1. The highest BCUT2D eigenvalue weighted by molar-refractivity contribution is 7.11. The molecule has 7 heteroatoms. The van der Waals surface area contributed by atoms with E-state index in [9.17, 15) is 4.79 Å². The molecule has 1 aromatic heterocycles. The molecule has 0 spiro atoms. The van der Waals surface area contributed by atoms with Gasteiger partial charge in [0.25, 0.3) is 5.91 Å². The molecule has 0 aliphatic carbocycles. The zero-order valence-electron chi connectivity index (χ0n) is 12.7. The Kier molecular flexibility index (Phi) is 5.98. The minimum Gasteiger partial charge on any atom is -0.357 e. The Hall–Kier alpha value is -1.63. The molecule has 1 fully saturated rings. The Bertz CT molecular complexity index is 493. The van der Waals surface area contributed by atoms with Crippen molar-refractivity contribution in [1.29, 1.82) is 0 Å². The average Bonchev–Trinajstić information content (AvgIpc) is 3.13. The number of amides is 1. The third kappa shape index (κ3) is 4.42. The quantitative estimate of drug-likeness (QED) is 0.488. The molecular formula is C14H23N5OS. The van der Waals surface area contributed by atoms with Crippen LogP contribution in [0.4, 0.5) is 0 Å². The molecule has 21 heavy (non-hydrogen) atoms. The predicted octanol–water partition coefficient (Wildman–Crippen LogP) is 1.24. The smallest absolute Gasteiger partial charge is 0.263 e. The lowest BCUT2D eigenvalue weighted by Gasteiger charge is -2.20. The lowest BCUT2D eigenvalue weighted by Crippen LogP contribution is -2.40. The van der Waals surface area contributed by atoms with E-state index in [0.29, 0.717) is 18.0 Å². The van der Waals surface area contributed by atoms with E-state index in [2.05, 4.69) is 32.4 Å². The van der Waals surface area contributed by atoms with Crippen LogP contribution in [-0.2, 0) is 0 Å². The first-order chi connectivity index (χ1) is 10.2. The Morgan fingerprint density at radius 1 is 1.43 bits per heavy atom. The van der Waals surface area contributed by atoms with Crippen molar-refractivity contribution in [3.8, 4) is 0 Å². The Morgan fingerprint density at radius 2 is 2.19 bits per heavy atom. The van der Waals surface area contributed by atoms with Crippen molar-refractivity contribution in [2.24, 2.45) is 4.99 Å². The minimum absolute atomic E-state index is 0.0589. The number of carbonyl (C=O) groups is 1. The molecule has 0 unspecified atom stereocenters. The van der Waals surface area contributed by atoms with Crippen LogP contribution in [0.1, 0.15) is 35.1 Å². The summed E-state index contributed by atoms with van der Waals surface area (Å²) in [5.41, 5.74) is 2.48. The maximum atomic E-state index is 11.9. The summed E-state index contributed by atoms with van der Waals surface area (Å²) in [6, 6.07) is 0. The Balaban J connectivity index is 1.79. The first-order valence-electron chi connectivity index (χ1n) is 7.44. The van der Waals surface area contributed by atoms with Crippen LogP contribution in [0.2, 0.25) is 0 Å². The summed E-state index contributed by atoms with van der Waals surface area (Å²) in [6.45, 7) is 8.04. The van der Waals surface area contributed by atoms with Gasteiger partial charge in [0.15, 0.2) is 5.96 Å². The number of aromatic nitrogens is 1. The fourth-order valence-corrected chi connectivity index (χ4v) is 3.00. The molecule has 2 heterocycles. The summed E-state index contributed by atoms with van der Waals surface area (Å²) in [5, 5.41) is 6.20. The number of guanidine groups is 1. The molecule has 2 rings (SSSR count). The summed E-state index contributed by atoms with van der Waals surface area (Å²) < 4.78 is 0. The Morgan fingerprint density at radius 3 is 2.81 bits per heavy atom. The molecule has 0 radical (unpaired) electrons. The largest absolute Gasteiger partial charge is 0.357 e. The predicted molar refractivity (Wildman–Crippen MR) is 86.0 cm³/mol. The van der Waals surface area contributed by atoms with E-state index in [1.54, 1.807) is 5.51 Å². The fourth-order valence-electron chi connectivity index (χ4n) is 2.29. The number of hydrogen-bond acceptors (Lipinski definition) is 4. The third-order valence-electron chi connectivity index (χ3n) is 3.35. The molecule has 116 valence electrons. The lowest BCUT2D eigenvalue weighted by atomic mass is 10.4. The van der Waals surface area contributed by atoms with Crippen LogP contribution < -0.4 is 10.6 Å². The first-order valence-corrected chi connectivity index (χ1v) is 8.32. The van der Waals surface area contributed by atoms with E-state index in [4.69, 9.17) is 0 Å². The van der Waals surface area contributed by atoms with Gasteiger partial charge >= 0.3 is 0 Å². The second kappa shape index (κ2) is 7.97. The van der Waals surface area contributed by atoms with Gasteiger partial charge in [-0.15, -0.1) is 11.3 Å². The van der Waals surface area contributed by atoms with E-state index in [0.717, 1.165) is 31.3 Å². The standard InChI is InChI=1S/C14H23N5OS/c1-3-15-14(19-8-4-5-9-19)17-7-6-16-13(20)12-11(2)18-10-21-12/h10H,3-9H2,1-2H3,(H,15,17)(H,16,20). The monoisotopic (exact) mass is 309 g/mol. The molecule has 1 aliphatic rings. The fraction of sp³-hybridized carbons (Fsp3) is 0.643. The molecule has 1 amide bonds. The molecular weight excluding hydrogens is 286 g/mol. The van der Waals surface area contributed by atoms with Crippen LogP contribution in [0.25, 0.3) is 0 Å². The average molecular weight is 309 g/mol. The van der Waals surface area contributed by atoms with Crippen LogP contribution >= 0.6 is 11.3 Å². The van der Waals surface area contributed by atoms with Gasteiger partial charge in [-0.3, -0.25) is 9.79 Å². The molecule has 2 N–H and O–H groups in total. The van der Waals surface area contributed by atoms with E-state index in [-0.39, 0.29) is 5.91 Å². The van der Waals surface area contributed by atoms with Gasteiger partial charge in [-0.2, -0.15) is 0 Å². The van der Waals surface area contributed by atoms with Crippen molar-refractivity contribution in [2.75, 3.05) is 32.7 Å². The molecule has 1 aliphatic heterocycles. The number of thiazole rings is 1. The lowest BCUT2D eigenvalue weighted by molar-refractivity contribution is 0.0958. The number of carbonyl (C=O) groups excluding carboxylic acids is 1. The number of rotatable bonds is 5. The minimum atomic E-state index is -0.0589. The highest BCUT2D eigenvalue weighted by Crippen LogP contribution is 2.11. The Labute approximate surface area is 129 Å². The SMILES string of the molecule is CCNC(=NCCNC(=O)c1scnc1C)N1CCCC1. The van der Waals surface area contributed by atoms with Crippen molar-refractivity contribution >= 4 is 23.2 Å². The molecule has 0 aromatic carbocycles. The van der Waals surface area contributed by atoms with Gasteiger partial charge in [0.2, 0.25) is 0 Å². The highest BCUT2D eigenvalue weighted by Gasteiger charge is 2.15. The van der Waals surface area contributed by atoms with E-state index in [1.165, 1.54) is 24.2 Å². The van der Waals surface area contributed by atoms with Crippen LogP contribution in [0, 0.1) is 6.92 Å². The van der Waals surface area contributed by atoms with Crippen molar-refractivity contribution in [2.45, 2.75) is 26.7 Å². The van der Waals surface area contributed by atoms with Crippen LogP contribution in [0.3, 0.4) is 0 Å². The second-order valence-electron chi connectivity index (χ2n) is 4.95. The summed E-state index contributed by atoms with van der Waals surface area (Å²) in [7, 11) is 0. The van der Waals surface area contributed by atoms with Crippen molar-refractivity contribution in [1.82, 2.24) is 20.5 Å². The van der Waals surface area contributed by atoms with E-state index in [1.807, 2.05) is 6.92 Å². The van der Waals surface area contributed by atoms with Gasteiger partial charge in [0.1, 0.15) is 4.88 Å². The maximum absolute atomic E-state index is 11.9. The zero-order chi connectivity index (χ0) is 15.1. The molecule has 0 bridgehead atoms. The number of hydrogen-bond donors (Lipinski definition) is 2. The van der Waals surface area contributed by atoms with Gasteiger partial charge in [-0.25, -0.2) is 4.98 Å². The summed E-state index contributed by atoms with van der Waals surface area (Å²) >= 11 is 1.37. The van der Waals surface area contributed by atoms with Crippen molar-refractivity contribution in [3.63, 3.8) is 0 Å². The molecule has 1 saturated heterocycles. The zero-order valence-corrected chi connectivity index (χ0v) is 13.5. The number of likely N-dealkylation sites (tertiary alicyclic amines) is 1. The maximum Gasteiger partial charge on any atom is 0.263 e. The summed E-state index contributed by atoms with van der Waals surface area (Å²) in [4.78, 5) is 23.6. The van der Waals surface area contributed by atoms with Crippen molar-refractivity contribution < 1.29 is 4.79 Å². The highest BCUT2D eigenvalue weighted by atomic mass is 32.1. The van der Waals surface area contributed by atoms with Gasteiger partial charge in [-0.05, 0) is 26.7 Å². The van der Waals surface area contributed by atoms with Gasteiger partial charge in [0, 0.05) is 26.2 Å². The first kappa shape index (κ1) is 15.8. The molecule has 0 atom stereocenters. The molecule has 6 nitrogen and oxygen atoms in total. The van der Waals surface area contributed by atoms with Crippen molar-refractivity contribution in [3.05, 3.63) is 16.1 Å². The number of aliphatic imine (C=N–C) groups is 1. The van der Waals surface area contributed by atoms with E-state index >= 15 is 0 Å². The summed E-state index contributed by atoms with van der Waals surface area (Å²) in [6.07, 6.45) is 2.46. The normalized spacial score (nSPS) is 15.3. The van der Waals surface area contributed by atoms with Gasteiger partial charge < -0.3 is 15.5 Å². The van der Waals surface area contributed by atoms with Crippen LogP contribution in [-0.4, -0.2) is 54.5 Å². The number of nitrogens with one attached hydrogen (secondary N) is 2. The second-order valence-corrected chi connectivity index (χ2v) is 5.81. The molecule has 1 aromatic rings. The van der Waals surface area contributed by atoms with E-state index < -0.39 is 0 Å². The summed E-state index contributed by atoms with van der Waals surface area (Å²) in [5.74, 6) is 0.898. The molecule has 0 saturated carbocycles. The van der Waals surface area contributed by atoms with Crippen LogP contribution in [0.15, 0.2) is 10.5 Å². The number of nitrogens with zero attached hydrogens (tertiary/aromatic N) is 3.